The maximum atomic E-state index is 10.5. The first-order valence-corrected chi connectivity index (χ1v) is 3.01. The Kier molecular flexibility index (Phi) is 1.80. The monoisotopic (exact) mass is 146 g/mol. The smallest absolute Gasteiger partial charge is 0.438 e. The molecule has 1 aliphatic rings. The van der Waals surface area contributed by atoms with Crippen LogP contribution >= 0.6 is 0 Å². The van der Waals surface area contributed by atoms with Crippen molar-refractivity contribution < 1.29 is 19.0 Å². The number of carbonyl (C=O) groups excluding carboxylic acids is 1. The van der Waals surface area contributed by atoms with Gasteiger partial charge in [0.05, 0.1) is 20.3 Å². The maximum absolute atomic E-state index is 10.5. The van der Waals surface area contributed by atoms with Crippen LogP contribution in [0.2, 0.25) is 0 Å². The van der Waals surface area contributed by atoms with Crippen LogP contribution in [0.1, 0.15) is 6.92 Å². The van der Waals surface area contributed by atoms with Crippen molar-refractivity contribution in [2.45, 2.75) is 12.5 Å². The molecule has 58 valence electrons. The van der Waals surface area contributed by atoms with Crippen LogP contribution in [-0.4, -0.2) is 32.1 Å². The lowest BCUT2D eigenvalue weighted by molar-refractivity contribution is -0.176. The quantitative estimate of drug-likeness (QED) is 0.507. The van der Waals surface area contributed by atoms with Crippen molar-refractivity contribution in [2.24, 2.45) is 0 Å². The van der Waals surface area contributed by atoms with E-state index < -0.39 is 11.8 Å². The molecular formula is C6H10O4. The predicted octanol–water partition coefficient (Wildman–Crippen LogP) is 0.558. The average molecular weight is 146 g/mol. The van der Waals surface area contributed by atoms with E-state index in [1.165, 1.54) is 7.11 Å². The van der Waals surface area contributed by atoms with E-state index in [-0.39, 0.29) is 0 Å². The summed E-state index contributed by atoms with van der Waals surface area (Å²) in [4.78, 5) is 10.5. The van der Waals surface area contributed by atoms with Crippen LogP contribution in [0.5, 0.6) is 0 Å². The number of carbonyl (C=O) groups is 1. The molecule has 0 bridgehead atoms. The second-order valence-electron chi connectivity index (χ2n) is 2.50. The number of rotatable bonds is 1. The molecule has 0 aromatic heterocycles. The van der Waals surface area contributed by atoms with Crippen molar-refractivity contribution in [3.8, 4) is 0 Å². The van der Waals surface area contributed by atoms with Crippen LogP contribution in [0.3, 0.4) is 0 Å². The van der Waals surface area contributed by atoms with Gasteiger partial charge in [0, 0.05) is 0 Å². The zero-order valence-corrected chi connectivity index (χ0v) is 6.05. The van der Waals surface area contributed by atoms with Crippen molar-refractivity contribution in [3.05, 3.63) is 0 Å². The summed E-state index contributed by atoms with van der Waals surface area (Å²) in [5, 5.41) is 0. The molecule has 4 heteroatoms. The fraction of sp³-hybridized carbons (Fsp3) is 0.833. The summed E-state index contributed by atoms with van der Waals surface area (Å²) in [5.41, 5.74) is -0.451. The molecule has 0 amide bonds. The van der Waals surface area contributed by atoms with E-state index in [2.05, 4.69) is 4.74 Å². The average Bonchev–Trinajstić information content (AvgIpc) is 1.84. The third kappa shape index (κ3) is 1.39. The summed E-state index contributed by atoms with van der Waals surface area (Å²) in [6.07, 6.45) is -0.647. The Morgan fingerprint density at radius 2 is 2.20 bits per heavy atom. The molecule has 0 saturated carbocycles. The number of methoxy groups -OCH3 is 1. The standard InChI is InChI=1S/C6H10O4/c1-6(3-9-4-6)10-5(7)8-2/h3-4H2,1-2H3. The van der Waals surface area contributed by atoms with E-state index in [0.717, 1.165) is 0 Å². The summed E-state index contributed by atoms with van der Waals surface area (Å²) < 4.78 is 14.0. The van der Waals surface area contributed by atoms with Crippen molar-refractivity contribution >= 4 is 6.16 Å². The van der Waals surface area contributed by atoms with Crippen LogP contribution in [0.4, 0.5) is 4.79 Å². The van der Waals surface area contributed by atoms with E-state index in [1.807, 2.05) is 0 Å². The lowest BCUT2D eigenvalue weighted by atomic mass is 10.1. The molecule has 0 N–H and O–H groups in total. The maximum Gasteiger partial charge on any atom is 0.508 e. The Bertz CT molecular complexity index is 139. The van der Waals surface area contributed by atoms with Gasteiger partial charge >= 0.3 is 6.16 Å². The lowest BCUT2D eigenvalue weighted by Gasteiger charge is -2.36. The first kappa shape index (κ1) is 7.34. The summed E-state index contributed by atoms with van der Waals surface area (Å²) in [6, 6.07) is 0. The van der Waals surface area contributed by atoms with Gasteiger partial charge in [0.2, 0.25) is 0 Å². The molecule has 0 radical (unpaired) electrons. The first-order valence-electron chi connectivity index (χ1n) is 3.01. The van der Waals surface area contributed by atoms with E-state index >= 15 is 0 Å². The summed E-state index contributed by atoms with van der Waals surface area (Å²) in [6.45, 7) is 2.72. The van der Waals surface area contributed by atoms with Gasteiger partial charge < -0.3 is 14.2 Å². The van der Waals surface area contributed by atoms with Crippen molar-refractivity contribution in [3.63, 3.8) is 0 Å². The molecule has 10 heavy (non-hydrogen) atoms. The van der Waals surface area contributed by atoms with Gasteiger partial charge in [-0.15, -0.1) is 0 Å². The molecule has 0 aromatic rings. The molecule has 1 heterocycles. The Hall–Kier alpha value is -0.770. The van der Waals surface area contributed by atoms with Gasteiger partial charge in [-0.2, -0.15) is 0 Å². The fourth-order valence-corrected chi connectivity index (χ4v) is 0.691. The normalized spacial score (nSPS) is 21.0. The minimum absolute atomic E-state index is 0.451. The Morgan fingerprint density at radius 3 is 2.50 bits per heavy atom. The Balaban J connectivity index is 2.29. The van der Waals surface area contributed by atoms with Crippen molar-refractivity contribution in [1.82, 2.24) is 0 Å². The van der Waals surface area contributed by atoms with E-state index in [4.69, 9.17) is 9.47 Å². The second-order valence-corrected chi connectivity index (χ2v) is 2.50. The SMILES string of the molecule is COC(=O)OC1(C)COC1. The van der Waals surface area contributed by atoms with E-state index in [9.17, 15) is 4.79 Å². The lowest BCUT2D eigenvalue weighted by Crippen LogP contribution is -2.50. The minimum atomic E-state index is -0.647. The largest absolute Gasteiger partial charge is 0.508 e. The zero-order chi connectivity index (χ0) is 7.61. The Morgan fingerprint density at radius 1 is 1.60 bits per heavy atom. The summed E-state index contributed by atoms with van der Waals surface area (Å²) >= 11 is 0. The number of hydrogen-bond donors (Lipinski definition) is 0. The summed E-state index contributed by atoms with van der Waals surface area (Å²) in [5.74, 6) is 0. The van der Waals surface area contributed by atoms with Gasteiger partial charge in [0.25, 0.3) is 0 Å². The summed E-state index contributed by atoms with van der Waals surface area (Å²) in [7, 11) is 1.28. The predicted molar refractivity (Wildman–Crippen MR) is 32.7 cm³/mol. The molecule has 0 spiro atoms. The van der Waals surface area contributed by atoms with Gasteiger partial charge in [0.1, 0.15) is 0 Å². The Labute approximate surface area is 59.1 Å². The van der Waals surface area contributed by atoms with Crippen LogP contribution in [-0.2, 0) is 14.2 Å². The minimum Gasteiger partial charge on any atom is -0.438 e. The molecule has 4 nitrogen and oxygen atoms in total. The van der Waals surface area contributed by atoms with Gasteiger partial charge in [0.15, 0.2) is 5.60 Å². The topological polar surface area (TPSA) is 44.8 Å². The van der Waals surface area contributed by atoms with E-state index in [0.29, 0.717) is 13.2 Å². The van der Waals surface area contributed by atoms with Crippen LogP contribution in [0.25, 0.3) is 0 Å². The molecule has 1 fully saturated rings. The highest BCUT2D eigenvalue weighted by Crippen LogP contribution is 2.20. The van der Waals surface area contributed by atoms with E-state index in [1.54, 1.807) is 6.92 Å². The van der Waals surface area contributed by atoms with Crippen LogP contribution in [0.15, 0.2) is 0 Å². The molecule has 0 atom stereocenters. The third-order valence-corrected chi connectivity index (χ3v) is 1.31. The molecule has 0 unspecified atom stereocenters. The number of ether oxygens (including phenoxy) is 3. The molecule has 1 saturated heterocycles. The fourth-order valence-electron chi connectivity index (χ4n) is 0.691. The van der Waals surface area contributed by atoms with Crippen molar-refractivity contribution in [1.29, 1.82) is 0 Å². The molecule has 1 rings (SSSR count). The number of hydrogen-bond acceptors (Lipinski definition) is 4. The highest BCUT2D eigenvalue weighted by molar-refractivity contribution is 5.60. The van der Waals surface area contributed by atoms with Gasteiger partial charge in [-0.3, -0.25) is 0 Å². The van der Waals surface area contributed by atoms with Gasteiger partial charge in [-0.25, -0.2) is 4.79 Å². The second kappa shape index (κ2) is 2.46. The molecular weight excluding hydrogens is 136 g/mol. The molecule has 1 aliphatic heterocycles. The zero-order valence-electron chi connectivity index (χ0n) is 6.05. The molecule has 0 aromatic carbocycles. The van der Waals surface area contributed by atoms with Crippen molar-refractivity contribution in [2.75, 3.05) is 20.3 Å². The van der Waals surface area contributed by atoms with Crippen LogP contribution < -0.4 is 0 Å². The highest BCUT2D eigenvalue weighted by atomic mass is 16.7. The first-order chi connectivity index (χ1) is 4.66. The van der Waals surface area contributed by atoms with Crippen LogP contribution in [0, 0.1) is 0 Å². The third-order valence-electron chi connectivity index (χ3n) is 1.31. The van der Waals surface area contributed by atoms with Gasteiger partial charge in [-0.05, 0) is 6.92 Å². The molecule has 0 aliphatic carbocycles. The highest BCUT2D eigenvalue weighted by Gasteiger charge is 2.37. The van der Waals surface area contributed by atoms with Gasteiger partial charge in [-0.1, -0.05) is 0 Å².